The Balaban J connectivity index is 2.50. The van der Waals surface area contributed by atoms with Gasteiger partial charge in [-0.3, -0.25) is 0 Å². The van der Waals surface area contributed by atoms with Crippen LogP contribution < -0.4 is 5.32 Å². The van der Waals surface area contributed by atoms with Crippen LogP contribution in [0.3, 0.4) is 0 Å². The van der Waals surface area contributed by atoms with Crippen LogP contribution >= 0.6 is 0 Å². The molecule has 16 heavy (non-hydrogen) atoms. The number of imidazole rings is 1. The highest BCUT2D eigenvalue weighted by molar-refractivity contribution is 4.92. The van der Waals surface area contributed by atoms with Crippen molar-refractivity contribution in [3.63, 3.8) is 0 Å². The van der Waals surface area contributed by atoms with Crippen LogP contribution in [0.5, 0.6) is 0 Å². The van der Waals surface area contributed by atoms with Crippen LogP contribution in [0, 0.1) is 0 Å². The first-order valence-corrected chi connectivity index (χ1v) is 5.18. The van der Waals surface area contributed by atoms with Crippen LogP contribution in [-0.2, 0) is 13.1 Å². The topological polar surface area (TPSA) is 29.9 Å². The average Bonchev–Trinajstić information content (AvgIpc) is 2.57. The van der Waals surface area contributed by atoms with Gasteiger partial charge in [0.2, 0.25) is 0 Å². The minimum atomic E-state index is -4.12. The lowest BCUT2D eigenvalue weighted by Gasteiger charge is -2.11. The van der Waals surface area contributed by atoms with E-state index in [4.69, 9.17) is 0 Å². The summed E-state index contributed by atoms with van der Waals surface area (Å²) in [6, 6.07) is 0.285. The molecule has 0 amide bonds. The average molecular weight is 235 g/mol. The van der Waals surface area contributed by atoms with E-state index in [2.05, 4.69) is 10.3 Å². The second-order valence-corrected chi connectivity index (χ2v) is 3.94. The molecular weight excluding hydrogens is 219 g/mol. The van der Waals surface area contributed by atoms with Gasteiger partial charge in [-0.05, 0) is 0 Å². The van der Waals surface area contributed by atoms with E-state index in [0.29, 0.717) is 12.4 Å². The number of nitrogens with one attached hydrogen (secondary N) is 1. The first-order chi connectivity index (χ1) is 7.38. The van der Waals surface area contributed by atoms with Gasteiger partial charge in [0, 0.05) is 25.0 Å². The summed E-state index contributed by atoms with van der Waals surface area (Å²) in [5, 5.41) is 3.12. The highest BCUT2D eigenvalue weighted by atomic mass is 19.4. The Morgan fingerprint density at radius 3 is 2.69 bits per heavy atom. The highest BCUT2D eigenvalue weighted by Gasteiger charge is 2.26. The molecule has 0 bridgehead atoms. The number of nitrogens with zero attached hydrogens (tertiary/aromatic N) is 2. The van der Waals surface area contributed by atoms with Crippen molar-refractivity contribution < 1.29 is 13.2 Å². The van der Waals surface area contributed by atoms with Crippen molar-refractivity contribution in [1.82, 2.24) is 14.9 Å². The smallest absolute Gasteiger partial charge is 0.334 e. The third-order valence-corrected chi connectivity index (χ3v) is 2.11. The zero-order valence-corrected chi connectivity index (χ0v) is 9.38. The minimum absolute atomic E-state index is 0.0708. The molecule has 0 fully saturated rings. The van der Waals surface area contributed by atoms with Crippen LogP contribution in [0.15, 0.2) is 12.4 Å². The number of rotatable bonds is 5. The molecule has 0 atom stereocenters. The Morgan fingerprint density at radius 2 is 2.12 bits per heavy atom. The van der Waals surface area contributed by atoms with Crippen molar-refractivity contribution in [3.8, 4) is 0 Å². The summed E-state index contributed by atoms with van der Waals surface area (Å²) in [5.41, 5.74) is 0. The first-order valence-electron chi connectivity index (χ1n) is 5.18. The summed E-state index contributed by atoms with van der Waals surface area (Å²) in [5.74, 6) is 0.637. The predicted molar refractivity (Wildman–Crippen MR) is 54.9 cm³/mol. The summed E-state index contributed by atoms with van der Waals surface area (Å²) in [6.45, 7) is 4.37. The molecule has 0 unspecified atom stereocenters. The minimum Gasteiger partial charge on any atom is -0.334 e. The van der Waals surface area contributed by atoms with Crippen LogP contribution in [-0.4, -0.2) is 21.8 Å². The second kappa shape index (κ2) is 5.34. The van der Waals surface area contributed by atoms with Crippen molar-refractivity contribution >= 4 is 0 Å². The number of hydrogen-bond acceptors (Lipinski definition) is 2. The van der Waals surface area contributed by atoms with Gasteiger partial charge < -0.3 is 9.88 Å². The fraction of sp³-hybridized carbons (Fsp3) is 0.700. The summed E-state index contributed by atoms with van der Waals surface area (Å²) in [6.07, 6.45) is -1.85. The number of aromatic nitrogens is 2. The number of halogens is 3. The Labute approximate surface area is 92.7 Å². The van der Waals surface area contributed by atoms with Gasteiger partial charge in [-0.2, -0.15) is 13.2 Å². The monoisotopic (exact) mass is 235 g/mol. The van der Waals surface area contributed by atoms with Crippen LogP contribution in [0.1, 0.15) is 26.1 Å². The molecule has 0 aliphatic rings. The lowest BCUT2D eigenvalue weighted by Crippen LogP contribution is -2.24. The normalized spacial score (nSPS) is 12.4. The van der Waals surface area contributed by atoms with E-state index in [1.54, 1.807) is 6.20 Å². The van der Waals surface area contributed by atoms with E-state index in [-0.39, 0.29) is 12.6 Å². The number of hydrogen-bond donors (Lipinski definition) is 1. The van der Waals surface area contributed by atoms with E-state index >= 15 is 0 Å². The van der Waals surface area contributed by atoms with Gasteiger partial charge >= 0.3 is 6.18 Å². The van der Waals surface area contributed by atoms with Crippen LogP contribution in [0.2, 0.25) is 0 Å². The Morgan fingerprint density at radius 1 is 1.44 bits per heavy atom. The predicted octanol–water partition coefficient (Wildman–Crippen LogP) is 2.33. The molecule has 1 heterocycles. The Bertz CT molecular complexity index is 317. The summed E-state index contributed by atoms with van der Waals surface area (Å²) in [7, 11) is 0. The molecule has 1 aromatic heterocycles. The molecule has 1 rings (SSSR count). The molecule has 0 aliphatic carbocycles. The zero-order valence-electron chi connectivity index (χ0n) is 9.38. The van der Waals surface area contributed by atoms with Crippen LogP contribution in [0.4, 0.5) is 13.2 Å². The molecule has 0 radical (unpaired) electrons. The highest BCUT2D eigenvalue weighted by Crippen LogP contribution is 2.20. The molecule has 1 N–H and O–H groups in total. The van der Waals surface area contributed by atoms with Crippen molar-refractivity contribution in [2.45, 2.75) is 45.6 Å². The molecular formula is C10H16F3N3. The van der Waals surface area contributed by atoms with Gasteiger partial charge in [-0.15, -0.1) is 0 Å². The van der Waals surface area contributed by atoms with Gasteiger partial charge in [0.05, 0.1) is 13.0 Å². The quantitative estimate of drug-likeness (QED) is 0.848. The van der Waals surface area contributed by atoms with E-state index in [0.717, 1.165) is 0 Å². The molecule has 0 aromatic carbocycles. The van der Waals surface area contributed by atoms with Crippen molar-refractivity contribution in [2.75, 3.05) is 0 Å². The van der Waals surface area contributed by atoms with Gasteiger partial charge in [0.25, 0.3) is 0 Å². The molecule has 92 valence electrons. The van der Waals surface area contributed by atoms with Gasteiger partial charge in [0.1, 0.15) is 5.82 Å². The maximum Gasteiger partial charge on any atom is 0.390 e. The fourth-order valence-electron chi connectivity index (χ4n) is 1.25. The standard InChI is InChI=1S/C10H16F3N3/c1-8(2)15-7-9-14-4-6-16(9)5-3-10(11,12)13/h4,6,8,15H,3,5,7H2,1-2H3. The van der Waals surface area contributed by atoms with Crippen LogP contribution in [0.25, 0.3) is 0 Å². The third-order valence-electron chi connectivity index (χ3n) is 2.11. The lowest BCUT2D eigenvalue weighted by molar-refractivity contribution is -0.136. The van der Waals surface area contributed by atoms with Gasteiger partial charge in [-0.1, -0.05) is 13.8 Å². The molecule has 6 heteroatoms. The maximum atomic E-state index is 12.0. The maximum absolute atomic E-state index is 12.0. The molecule has 0 aliphatic heterocycles. The second-order valence-electron chi connectivity index (χ2n) is 3.94. The summed E-state index contributed by atoms with van der Waals surface area (Å²) in [4.78, 5) is 4.02. The molecule has 3 nitrogen and oxygen atoms in total. The zero-order chi connectivity index (χ0) is 12.2. The van der Waals surface area contributed by atoms with E-state index < -0.39 is 12.6 Å². The van der Waals surface area contributed by atoms with Crippen molar-refractivity contribution in [2.24, 2.45) is 0 Å². The third kappa shape index (κ3) is 4.65. The SMILES string of the molecule is CC(C)NCc1nccn1CCC(F)(F)F. The van der Waals surface area contributed by atoms with Gasteiger partial charge in [-0.25, -0.2) is 4.98 Å². The first kappa shape index (κ1) is 13.0. The molecule has 0 saturated carbocycles. The fourth-order valence-corrected chi connectivity index (χ4v) is 1.25. The van der Waals surface area contributed by atoms with E-state index in [9.17, 15) is 13.2 Å². The number of aryl methyl sites for hydroxylation is 1. The van der Waals surface area contributed by atoms with Crippen molar-refractivity contribution in [1.29, 1.82) is 0 Å². The van der Waals surface area contributed by atoms with Crippen molar-refractivity contribution in [3.05, 3.63) is 18.2 Å². The summed E-state index contributed by atoms with van der Waals surface area (Å²) >= 11 is 0. The number of alkyl halides is 3. The van der Waals surface area contributed by atoms with E-state index in [1.807, 2.05) is 13.8 Å². The lowest BCUT2D eigenvalue weighted by atomic mass is 10.4. The molecule has 1 aromatic rings. The van der Waals surface area contributed by atoms with E-state index in [1.165, 1.54) is 10.8 Å². The largest absolute Gasteiger partial charge is 0.390 e. The molecule has 0 saturated heterocycles. The molecule has 0 spiro atoms. The van der Waals surface area contributed by atoms with Gasteiger partial charge in [0.15, 0.2) is 0 Å². The summed E-state index contributed by atoms with van der Waals surface area (Å²) < 4.78 is 37.7. The Kier molecular flexibility index (Phi) is 4.35. The Hall–Kier alpha value is -1.04.